The molecule has 0 saturated heterocycles. The fourth-order valence-corrected chi connectivity index (χ4v) is 15.1. The number of alkyl halides is 8. The van der Waals surface area contributed by atoms with Crippen LogP contribution in [0.3, 0.4) is 0 Å². The molecule has 548 valence electrons. The smallest absolute Gasteiger partial charge is 0.333 e. The van der Waals surface area contributed by atoms with E-state index in [1.54, 1.807) is 60.7 Å². The zero-order valence-corrected chi connectivity index (χ0v) is 58.8. The van der Waals surface area contributed by atoms with Crippen molar-refractivity contribution in [1.29, 1.82) is 0 Å². The van der Waals surface area contributed by atoms with Gasteiger partial charge in [0.2, 0.25) is 0 Å². The number of guanidine groups is 2. The molecule has 22 nitrogen and oxygen atoms in total. The average Bonchev–Trinajstić information content (AvgIpc) is 1.55. The summed E-state index contributed by atoms with van der Waals surface area (Å²) in [4.78, 5) is 75.7. The van der Waals surface area contributed by atoms with Crippen molar-refractivity contribution in [1.82, 2.24) is 58.9 Å². The molecule has 6 heterocycles. The number of halogens is 10. The van der Waals surface area contributed by atoms with Crippen molar-refractivity contribution in [3.8, 4) is 33.6 Å². The van der Waals surface area contributed by atoms with Crippen LogP contribution < -0.4 is 11.5 Å². The third-order valence-corrected chi connectivity index (χ3v) is 20.9. The highest BCUT2D eigenvalue weighted by Crippen LogP contribution is 2.72. The molecule has 0 unspecified atom stereocenters. The molecule has 4 fully saturated rings. The molecule has 4 aliphatic carbocycles. The highest BCUT2D eigenvalue weighted by atomic mass is 35.5. The van der Waals surface area contributed by atoms with Gasteiger partial charge in [0.15, 0.2) is 34.6 Å². The number of nitrogens with zero attached hydrogens (tertiary/aromatic N) is 14. The largest absolute Gasteiger partial charge is 0.463 e. The summed E-state index contributed by atoms with van der Waals surface area (Å²) < 4.78 is 123. The van der Waals surface area contributed by atoms with Crippen molar-refractivity contribution in [2.75, 3.05) is 13.2 Å². The summed E-state index contributed by atoms with van der Waals surface area (Å²) in [5, 5.41) is 15.5. The van der Waals surface area contributed by atoms with Crippen LogP contribution in [0.2, 0.25) is 10.0 Å². The number of esters is 2. The lowest BCUT2D eigenvalue weighted by Crippen LogP contribution is -2.47. The van der Waals surface area contributed by atoms with Crippen molar-refractivity contribution in [2.24, 2.45) is 54.9 Å². The predicted octanol–water partition coefficient (Wildman–Crippen LogP) is 14.8. The number of ether oxygens (including phenoxy) is 2. The molecule has 2 aliphatic heterocycles. The van der Waals surface area contributed by atoms with Gasteiger partial charge in [-0.15, -0.1) is 0 Å². The van der Waals surface area contributed by atoms with Gasteiger partial charge in [0.05, 0.1) is 45.9 Å². The van der Waals surface area contributed by atoms with E-state index >= 15 is 0 Å². The number of hydrogen-bond donors (Lipinski definition) is 2. The van der Waals surface area contributed by atoms with Crippen molar-refractivity contribution in [3.63, 3.8) is 0 Å². The molecule has 8 aromatic rings. The maximum absolute atomic E-state index is 15.0. The Morgan fingerprint density at radius 1 is 0.538 bits per heavy atom. The third kappa shape index (κ3) is 14.5. The molecule has 4 aromatic carbocycles. The molecule has 0 radical (unpaired) electrons. The van der Waals surface area contributed by atoms with Gasteiger partial charge in [0, 0.05) is 36.4 Å². The number of amides is 2. The van der Waals surface area contributed by atoms with E-state index in [4.69, 9.17) is 54.1 Å². The van der Waals surface area contributed by atoms with Gasteiger partial charge in [-0.3, -0.25) is 29.0 Å². The summed E-state index contributed by atoms with van der Waals surface area (Å²) in [6.07, 6.45) is 8.53. The first kappa shape index (κ1) is 72.8. The van der Waals surface area contributed by atoms with Gasteiger partial charge < -0.3 is 20.9 Å². The van der Waals surface area contributed by atoms with E-state index in [0.29, 0.717) is 53.9 Å². The minimum absolute atomic E-state index is 0.0748. The number of benzene rings is 4. The van der Waals surface area contributed by atoms with Gasteiger partial charge in [-0.2, -0.15) is 38.0 Å². The summed E-state index contributed by atoms with van der Waals surface area (Å²) >= 11 is 13.0. The lowest BCUT2D eigenvalue weighted by atomic mass is 9.75. The highest BCUT2D eigenvalue weighted by Gasteiger charge is 2.64. The van der Waals surface area contributed by atoms with Gasteiger partial charge in [0.1, 0.15) is 25.9 Å². The molecule has 6 aliphatic rings. The van der Waals surface area contributed by atoms with Crippen molar-refractivity contribution in [2.45, 2.75) is 155 Å². The Labute approximate surface area is 601 Å². The SMILES string of the molecule is CC(C)(C)C[C@]1(c2ccc(-c3cnn(C(F)F)c3)cc2)N=C(N)N([C@H](COC(=O)C[C@@H]2CC23CC3)c2ccc(Cl)c(-n3ncnc3C(F)F)c2)C1=O.CC(C)(C)C[C@]1(c2ccc(-c3cnn(C(F)F)c3)cc2)N=C(N)N([C@H](COC(=O)C[C@H]2CC23CC3)c2ccc(Cl)c(-n3ncnc3C(F)F)c2)C1=O. The van der Waals surface area contributed by atoms with E-state index in [2.05, 4.69) is 30.4 Å². The van der Waals surface area contributed by atoms with E-state index in [-0.39, 0.29) is 94.9 Å². The predicted molar refractivity (Wildman–Crippen MR) is 365 cm³/mol. The quantitative estimate of drug-likeness (QED) is 0.0421. The Kier molecular flexibility index (Phi) is 19.2. The molecule has 0 bridgehead atoms. The van der Waals surface area contributed by atoms with Crippen LogP contribution in [0.1, 0.15) is 178 Å². The summed E-state index contributed by atoms with van der Waals surface area (Å²) in [7, 11) is 0. The van der Waals surface area contributed by atoms with Gasteiger partial charge in [-0.1, -0.05) is 125 Å². The molecule has 2 spiro atoms. The van der Waals surface area contributed by atoms with Crippen molar-refractivity contribution in [3.05, 3.63) is 166 Å². The normalized spacial score (nSPS) is 21.3. The molecule has 32 heteroatoms. The molecular formula is C72H74Cl2F8N16O6. The van der Waals surface area contributed by atoms with E-state index in [1.165, 1.54) is 58.9 Å². The molecular weight excluding hydrogens is 1410 g/mol. The van der Waals surface area contributed by atoms with Crippen LogP contribution in [0.25, 0.3) is 33.6 Å². The maximum Gasteiger partial charge on any atom is 0.333 e. The minimum Gasteiger partial charge on any atom is -0.463 e. The molecule has 4 N–H and O–H groups in total. The molecule has 104 heavy (non-hydrogen) atoms. The second-order valence-corrected chi connectivity index (χ2v) is 30.8. The lowest BCUT2D eigenvalue weighted by Gasteiger charge is -2.35. The Hall–Kier alpha value is -9.58. The average molecular weight is 1480 g/mol. The van der Waals surface area contributed by atoms with Gasteiger partial charge in [-0.05, 0) is 143 Å². The van der Waals surface area contributed by atoms with E-state index < -0.39 is 95.3 Å². The number of aliphatic imine (C=N–C) groups is 2. The Balaban J connectivity index is 0.000000185. The van der Waals surface area contributed by atoms with Crippen LogP contribution in [0.4, 0.5) is 35.1 Å². The molecule has 4 saturated carbocycles. The number of hydrogen-bond acceptors (Lipinski definition) is 16. The Bertz CT molecular complexity index is 4370. The summed E-state index contributed by atoms with van der Waals surface area (Å²) in [5.74, 6) is -2.82. The lowest BCUT2D eigenvalue weighted by molar-refractivity contribution is -0.148. The van der Waals surface area contributed by atoms with Crippen molar-refractivity contribution >= 4 is 58.9 Å². The van der Waals surface area contributed by atoms with Crippen LogP contribution in [0, 0.1) is 33.5 Å². The standard InChI is InChI=1S/2C36H37ClF4N8O3/c2*1-34(2,3)18-36(23-7-4-20(5-8-23)22-15-44-47(16-22)32(40)41)31(51)48(33(42)46-36)27(17-52-28(50)13-24-14-35(24)10-11-35)21-6-9-25(37)26(12-21)49-30(29(38)39)43-19-45-49/h2*4-9,12,15-16,19,24,27,29,32H,10-11,13-14,17-18H2,1-3H3,(H2,42,46)/t24-,27+,36+;24-,27-,36-/m01/s1. The second kappa shape index (κ2) is 27.5. The first-order chi connectivity index (χ1) is 49.2. The first-order valence-corrected chi connectivity index (χ1v) is 34.5. The molecule has 4 aromatic heterocycles. The van der Waals surface area contributed by atoms with Crippen LogP contribution in [0.5, 0.6) is 0 Å². The summed E-state index contributed by atoms with van der Waals surface area (Å²) in [5.41, 5.74) is 13.9. The number of carbonyl (C=O) groups is 4. The molecule has 6 atom stereocenters. The highest BCUT2D eigenvalue weighted by molar-refractivity contribution is 6.32. The number of aromatic nitrogens is 10. The zero-order valence-electron chi connectivity index (χ0n) is 57.3. The van der Waals surface area contributed by atoms with E-state index in [1.807, 2.05) is 41.5 Å². The van der Waals surface area contributed by atoms with E-state index in [0.717, 1.165) is 60.5 Å². The maximum atomic E-state index is 15.0. The molecule has 14 rings (SSSR count). The van der Waals surface area contributed by atoms with Crippen LogP contribution >= 0.6 is 23.2 Å². The Morgan fingerprint density at radius 3 is 1.21 bits per heavy atom. The van der Waals surface area contributed by atoms with Crippen LogP contribution in [-0.4, -0.2) is 108 Å². The Morgan fingerprint density at radius 2 is 0.904 bits per heavy atom. The topological polar surface area (TPSA) is 267 Å². The fourth-order valence-electron chi connectivity index (χ4n) is 14.7. The van der Waals surface area contributed by atoms with Crippen molar-refractivity contribution < 1.29 is 63.8 Å². The van der Waals surface area contributed by atoms with Gasteiger partial charge in [0.25, 0.3) is 24.7 Å². The summed E-state index contributed by atoms with van der Waals surface area (Å²) in [6, 6.07) is 20.6. The minimum atomic E-state index is -2.95. The van der Waals surface area contributed by atoms with E-state index in [9.17, 15) is 54.3 Å². The summed E-state index contributed by atoms with van der Waals surface area (Å²) in [6.45, 7) is 5.53. The van der Waals surface area contributed by atoms with Crippen LogP contribution in [-0.2, 0) is 39.7 Å². The van der Waals surface area contributed by atoms with Gasteiger partial charge >= 0.3 is 25.0 Å². The van der Waals surface area contributed by atoms with Gasteiger partial charge in [-0.25, -0.2) is 56.2 Å². The number of carbonyl (C=O) groups excluding carboxylic acids is 4. The van der Waals surface area contributed by atoms with Crippen LogP contribution in [0.15, 0.2) is 132 Å². The second-order valence-electron chi connectivity index (χ2n) is 30.0. The number of rotatable bonds is 24. The third-order valence-electron chi connectivity index (χ3n) is 20.3. The monoisotopic (exact) mass is 1480 g/mol. The zero-order chi connectivity index (χ0) is 74.3. The first-order valence-electron chi connectivity index (χ1n) is 33.7. The molecule has 2 amide bonds. The fraction of sp³-hybridized carbons (Fsp3) is 0.444. The number of nitrogens with two attached hydrogens (primary N) is 2.